The first-order valence-corrected chi connectivity index (χ1v) is 9.91. The van der Waals surface area contributed by atoms with Gasteiger partial charge in [-0.3, -0.25) is 0 Å². The maximum atomic E-state index is 10.6. The van der Waals surface area contributed by atoms with E-state index in [0.29, 0.717) is 0 Å². The van der Waals surface area contributed by atoms with Gasteiger partial charge < -0.3 is 15.3 Å². The van der Waals surface area contributed by atoms with Gasteiger partial charge in [0, 0.05) is 0 Å². The highest BCUT2D eigenvalue weighted by molar-refractivity contribution is 6.03. The minimum atomic E-state index is -1.48. The normalized spacial score (nSPS) is 9.94. The summed E-state index contributed by atoms with van der Waals surface area (Å²) in [5.41, 5.74) is 3.80. The van der Waals surface area contributed by atoms with Gasteiger partial charge in [0.2, 0.25) is 0 Å². The third-order valence-electron chi connectivity index (χ3n) is 4.83. The number of aromatic carboxylic acids is 3. The molecular formula is C27H20O6. The summed E-state index contributed by atoms with van der Waals surface area (Å²) in [7, 11) is 0. The van der Waals surface area contributed by atoms with Crippen LogP contribution < -0.4 is 0 Å². The molecule has 3 N–H and O–H groups in total. The molecule has 0 atom stereocenters. The van der Waals surface area contributed by atoms with Gasteiger partial charge in [0.15, 0.2) is 0 Å². The lowest BCUT2D eigenvalue weighted by atomic mass is 10.0. The van der Waals surface area contributed by atoms with E-state index in [1.165, 1.54) is 22.3 Å². The predicted molar refractivity (Wildman–Crippen MR) is 125 cm³/mol. The Morgan fingerprint density at radius 3 is 1.18 bits per heavy atom. The van der Waals surface area contributed by atoms with Gasteiger partial charge in [-0.2, -0.15) is 0 Å². The number of carbonyl (C=O) groups is 3. The third-order valence-corrected chi connectivity index (χ3v) is 4.83. The molecule has 0 amide bonds. The molecule has 0 aromatic heterocycles. The zero-order valence-corrected chi connectivity index (χ0v) is 17.4. The van der Waals surface area contributed by atoms with Crippen molar-refractivity contribution in [1.29, 1.82) is 0 Å². The van der Waals surface area contributed by atoms with E-state index >= 15 is 0 Å². The largest absolute Gasteiger partial charge is 0.478 e. The Morgan fingerprint density at radius 1 is 0.424 bits per heavy atom. The summed E-state index contributed by atoms with van der Waals surface area (Å²) in [6.45, 7) is 0. The summed E-state index contributed by atoms with van der Waals surface area (Å²) in [6.07, 6.45) is 0. The number of hydrogen-bond acceptors (Lipinski definition) is 3. The summed E-state index contributed by atoms with van der Waals surface area (Å²) in [6, 6.07) is 32.4. The van der Waals surface area contributed by atoms with E-state index in [1.54, 1.807) is 0 Å². The van der Waals surface area contributed by atoms with Crippen molar-refractivity contribution < 1.29 is 29.7 Å². The number of benzene rings is 4. The molecule has 0 radical (unpaired) electrons. The molecule has 0 unspecified atom stereocenters. The van der Waals surface area contributed by atoms with Crippen molar-refractivity contribution in [2.45, 2.75) is 0 Å². The second kappa shape index (κ2) is 10.5. The fourth-order valence-corrected chi connectivity index (χ4v) is 3.16. The van der Waals surface area contributed by atoms with Crippen LogP contribution in [0.5, 0.6) is 0 Å². The van der Waals surface area contributed by atoms with Gasteiger partial charge in [-0.15, -0.1) is 0 Å². The minimum absolute atomic E-state index is 0.266. The summed E-state index contributed by atoms with van der Waals surface area (Å²) >= 11 is 0. The summed E-state index contributed by atoms with van der Waals surface area (Å²) in [5.74, 6) is -4.20. The molecule has 164 valence electrons. The van der Waals surface area contributed by atoms with Crippen molar-refractivity contribution >= 4 is 17.9 Å². The Morgan fingerprint density at radius 2 is 0.818 bits per heavy atom. The molecule has 4 rings (SSSR count). The van der Waals surface area contributed by atoms with Crippen molar-refractivity contribution in [1.82, 2.24) is 0 Å². The van der Waals surface area contributed by atoms with E-state index in [1.807, 2.05) is 12.1 Å². The van der Waals surface area contributed by atoms with Gasteiger partial charge in [0.25, 0.3) is 0 Å². The second-order valence-corrected chi connectivity index (χ2v) is 6.99. The van der Waals surface area contributed by atoms with Crippen LogP contribution in [0.2, 0.25) is 0 Å². The first-order chi connectivity index (χ1) is 15.9. The number of carboxylic acid groups (broad SMARTS) is 3. The molecule has 0 aliphatic heterocycles. The van der Waals surface area contributed by atoms with Crippen LogP contribution in [0.3, 0.4) is 0 Å². The average Bonchev–Trinajstić information content (AvgIpc) is 2.85. The molecule has 0 heterocycles. The van der Waals surface area contributed by atoms with Crippen molar-refractivity contribution in [2.75, 3.05) is 0 Å². The third kappa shape index (κ3) is 5.92. The van der Waals surface area contributed by atoms with Crippen molar-refractivity contribution in [3.63, 3.8) is 0 Å². The monoisotopic (exact) mass is 440 g/mol. The Balaban J connectivity index is 0.000000190. The van der Waals surface area contributed by atoms with E-state index in [-0.39, 0.29) is 5.56 Å². The molecule has 0 saturated carbocycles. The summed E-state index contributed by atoms with van der Waals surface area (Å²) in [5, 5.41) is 25.9. The lowest BCUT2D eigenvalue weighted by Gasteiger charge is -2.04. The van der Waals surface area contributed by atoms with E-state index in [9.17, 15) is 14.4 Å². The van der Waals surface area contributed by atoms with Crippen LogP contribution in [0.15, 0.2) is 103 Å². The Kier molecular flexibility index (Phi) is 7.34. The van der Waals surface area contributed by atoms with Crippen LogP contribution in [-0.4, -0.2) is 33.2 Å². The standard InChI is InChI=1S/C18H14.C9H6O6/c1-3-7-15(8-4-1)17-11-13-18(14-12-17)16-9-5-2-6-10-16;10-7(11)4-1-2-5(8(12)13)6(3-4)9(14)15/h1-14H;1-3H,(H,10,11)(H,12,13)(H,14,15). The Hall–Kier alpha value is -4.71. The molecule has 4 aromatic carbocycles. The maximum absolute atomic E-state index is 10.6. The second-order valence-electron chi connectivity index (χ2n) is 6.99. The van der Waals surface area contributed by atoms with E-state index in [0.717, 1.165) is 18.2 Å². The molecule has 6 heteroatoms. The van der Waals surface area contributed by atoms with Crippen LogP contribution >= 0.6 is 0 Å². The molecule has 6 nitrogen and oxygen atoms in total. The van der Waals surface area contributed by atoms with Gasteiger partial charge in [-0.25, -0.2) is 14.4 Å². The summed E-state index contributed by atoms with van der Waals surface area (Å²) < 4.78 is 0. The highest BCUT2D eigenvalue weighted by Gasteiger charge is 2.17. The summed E-state index contributed by atoms with van der Waals surface area (Å²) in [4.78, 5) is 31.8. The molecule has 0 aliphatic carbocycles. The molecule has 0 aliphatic rings. The van der Waals surface area contributed by atoms with Crippen LogP contribution in [0, 0.1) is 0 Å². The molecule has 0 fully saturated rings. The molecular weight excluding hydrogens is 420 g/mol. The highest BCUT2D eigenvalue weighted by atomic mass is 16.4. The molecule has 33 heavy (non-hydrogen) atoms. The van der Waals surface area contributed by atoms with Crippen LogP contribution in [0.4, 0.5) is 0 Å². The first kappa shape index (κ1) is 23.0. The molecule has 4 aromatic rings. The van der Waals surface area contributed by atoms with Gasteiger partial charge in [-0.05, 0) is 40.5 Å². The van der Waals surface area contributed by atoms with E-state index in [4.69, 9.17) is 15.3 Å². The van der Waals surface area contributed by atoms with Crippen molar-refractivity contribution in [3.8, 4) is 22.3 Å². The zero-order chi connectivity index (χ0) is 23.8. The van der Waals surface area contributed by atoms with Gasteiger partial charge in [-0.1, -0.05) is 84.9 Å². The lowest BCUT2D eigenvalue weighted by Crippen LogP contribution is -2.10. The Labute approximate surface area is 190 Å². The van der Waals surface area contributed by atoms with Crippen LogP contribution in [0.1, 0.15) is 31.1 Å². The number of carboxylic acids is 3. The maximum Gasteiger partial charge on any atom is 0.336 e. The van der Waals surface area contributed by atoms with Gasteiger partial charge in [0.05, 0.1) is 16.7 Å². The smallest absolute Gasteiger partial charge is 0.336 e. The van der Waals surface area contributed by atoms with Gasteiger partial charge in [0.1, 0.15) is 0 Å². The van der Waals surface area contributed by atoms with E-state index in [2.05, 4.69) is 72.8 Å². The topological polar surface area (TPSA) is 112 Å². The van der Waals surface area contributed by atoms with Crippen LogP contribution in [0.25, 0.3) is 22.3 Å². The molecule has 0 bridgehead atoms. The fraction of sp³-hybridized carbons (Fsp3) is 0. The minimum Gasteiger partial charge on any atom is -0.478 e. The van der Waals surface area contributed by atoms with Crippen LogP contribution in [-0.2, 0) is 0 Å². The number of hydrogen-bond donors (Lipinski definition) is 3. The quantitative estimate of drug-likeness (QED) is 0.361. The first-order valence-electron chi connectivity index (χ1n) is 9.91. The molecule has 0 spiro atoms. The molecule has 0 saturated heterocycles. The SMILES string of the molecule is O=C(O)c1ccc(C(=O)O)c(C(=O)O)c1.c1ccc(-c2ccc(-c3ccccc3)cc2)cc1. The van der Waals surface area contributed by atoms with E-state index < -0.39 is 29.0 Å². The zero-order valence-electron chi connectivity index (χ0n) is 17.4. The number of rotatable bonds is 5. The lowest BCUT2D eigenvalue weighted by molar-refractivity contribution is 0.0649. The fourth-order valence-electron chi connectivity index (χ4n) is 3.16. The Bertz CT molecular complexity index is 1200. The van der Waals surface area contributed by atoms with Crippen molar-refractivity contribution in [3.05, 3.63) is 120 Å². The predicted octanol–water partition coefficient (Wildman–Crippen LogP) is 5.80. The van der Waals surface area contributed by atoms with Gasteiger partial charge >= 0.3 is 17.9 Å². The average molecular weight is 440 g/mol. The van der Waals surface area contributed by atoms with Crippen molar-refractivity contribution in [2.24, 2.45) is 0 Å². The highest BCUT2D eigenvalue weighted by Crippen LogP contribution is 2.24.